The third-order valence-electron chi connectivity index (χ3n) is 4.84. The number of anilines is 1. The second-order valence-corrected chi connectivity index (χ2v) is 6.62. The second kappa shape index (κ2) is 6.45. The number of carbonyl (C=O) groups excluding carboxylic acids is 4. The van der Waals surface area contributed by atoms with Crippen LogP contribution in [-0.2, 0) is 14.4 Å². The van der Waals surface area contributed by atoms with Crippen LogP contribution in [0.4, 0.5) is 5.69 Å². The Morgan fingerprint density at radius 3 is 2.61 bits per heavy atom. The Balaban J connectivity index is 1.81. The molecule has 1 atom stereocenters. The standard InChI is InChI=1S/C19H15N3O6/c23-14-5-4-13(17(26)21-14)22-18(27)11-3-1-2-9-6-10(20-8-15(24)25)7-12(16(9)11)19(22)28/h1-3,6-7,13,20H,4-5,8H2,(H,24,25)(H,21,23,26). The van der Waals surface area contributed by atoms with E-state index in [-0.39, 0.29) is 30.5 Å². The minimum Gasteiger partial charge on any atom is -0.480 e. The first-order valence-electron chi connectivity index (χ1n) is 8.61. The van der Waals surface area contributed by atoms with Gasteiger partial charge in [-0.25, -0.2) is 0 Å². The summed E-state index contributed by atoms with van der Waals surface area (Å²) in [4.78, 5) is 61.5. The lowest BCUT2D eigenvalue weighted by Crippen LogP contribution is -2.57. The molecule has 0 radical (unpaired) electrons. The molecule has 28 heavy (non-hydrogen) atoms. The van der Waals surface area contributed by atoms with Gasteiger partial charge in [0.2, 0.25) is 11.8 Å². The highest BCUT2D eigenvalue weighted by Crippen LogP contribution is 2.34. The molecule has 1 saturated heterocycles. The molecule has 1 fully saturated rings. The highest BCUT2D eigenvalue weighted by molar-refractivity contribution is 6.27. The van der Waals surface area contributed by atoms with E-state index in [9.17, 15) is 24.0 Å². The van der Waals surface area contributed by atoms with Gasteiger partial charge in [0, 0.05) is 23.1 Å². The van der Waals surface area contributed by atoms with Crippen molar-refractivity contribution in [1.82, 2.24) is 10.2 Å². The smallest absolute Gasteiger partial charge is 0.322 e. The number of benzene rings is 2. The number of amides is 4. The van der Waals surface area contributed by atoms with Crippen LogP contribution in [-0.4, -0.2) is 52.2 Å². The van der Waals surface area contributed by atoms with Gasteiger partial charge in [0.1, 0.15) is 12.6 Å². The summed E-state index contributed by atoms with van der Waals surface area (Å²) in [5, 5.41) is 14.8. The molecular weight excluding hydrogens is 366 g/mol. The minimum atomic E-state index is -1.07. The molecule has 9 nitrogen and oxygen atoms in total. The van der Waals surface area contributed by atoms with Crippen LogP contribution in [0.3, 0.4) is 0 Å². The molecule has 4 rings (SSSR count). The molecule has 2 heterocycles. The summed E-state index contributed by atoms with van der Waals surface area (Å²) in [6.07, 6.45) is 0.0924. The molecule has 0 aliphatic carbocycles. The lowest BCUT2D eigenvalue weighted by atomic mass is 9.91. The lowest BCUT2D eigenvalue weighted by Gasteiger charge is -2.34. The van der Waals surface area contributed by atoms with E-state index in [4.69, 9.17) is 5.11 Å². The van der Waals surface area contributed by atoms with Gasteiger partial charge in [-0.2, -0.15) is 0 Å². The number of nitrogens with zero attached hydrogens (tertiary/aromatic N) is 1. The van der Waals surface area contributed by atoms with Crippen LogP contribution in [0.5, 0.6) is 0 Å². The van der Waals surface area contributed by atoms with Gasteiger partial charge in [0.25, 0.3) is 11.8 Å². The molecular formula is C19H15N3O6. The third-order valence-corrected chi connectivity index (χ3v) is 4.84. The van der Waals surface area contributed by atoms with Gasteiger partial charge in [-0.1, -0.05) is 12.1 Å². The Morgan fingerprint density at radius 2 is 1.89 bits per heavy atom. The summed E-state index contributed by atoms with van der Waals surface area (Å²) >= 11 is 0. The molecule has 2 aliphatic rings. The molecule has 0 spiro atoms. The van der Waals surface area contributed by atoms with Gasteiger partial charge in [-0.3, -0.25) is 34.2 Å². The Hall–Kier alpha value is -3.75. The SMILES string of the molecule is O=C(O)CNc1cc2c3c(cccc3c1)C(=O)N(C1CCC(=O)NC1=O)C2=O. The summed E-state index contributed by atoms with van der Waals surface area (Å²) < 4.78 is 0. The summed E-state index contributed by atoms with van der Waals surface area (Å²) in [6.45, 7) is -0.339. The molecule has 9 heteroatoms. The van der Waals surface area contributed by atoms with E-state index in [0.29, 0.717) is 16.5 Å². The molecule has 0 aromatic heterocycles. The van der Waals surface area contributed by atoms with Crippen LogP contribution in [0, 0.1) is 0 Å². The van der Waals surface area contributed by atoms with E-state index in [1.807, 2.05) is 0 Å². The summed E-state index contributed by atoms with van der Waals surface area (Å²) in [6, 6.07) is 7.01. The number of aliphatic carboxylic acids is 1. The van der Waals surface area contributed by atoms with E-state index < -0.39 is 35.6 Å². The van der Waals surface area contributed by atoms with Crippen molar-refractivity contribution in [3.63, 3.8) is 0 Å². The highest BCUT2D eigenvalue weighted by atomic mass is 16.4. The zero-order valence-corrected chi connectivity index (χ0v) is 14.5. The van der Waals surface area contributed by atoms with Crippen LogP contribution in [0.2, 0.25) is 0 Å². The Labute approximate surface area is 158 Å². The van der Waals surface area contributed by atoms with Crippen molar-refractivity contribution >= 4 is 46.1 Å². The fraction of sp³-hybridized carbons (Fsp3) is 0.211. The van der Waals surface area contributed by atoms with Gasteiger partial charge < -0.3 is 10.4 Å². The minimum absolute atomic E-state index is 0.0325. The monoisotopic (exact) mass is 381 g/mol. The Morgan fingerprint density at radius 1 is 1.14 bits per heavy atom. The van der Waals surface area contributed by atoms with Crippen molar-refractivity contribution in [2.45, 2.75) is 18.9 Å². The quantitative estimate of drug-likeness (QED) is 0.665. The van der Waals surface area contributed by atoms with Crippen molar-refractivity contribution in [2.24, 2.45) is 0 Å². The lowest BCUT2D eigenvalue weighted by molar-refractivity contribution is -0.137. The first-order chi connectivity index (χ1) is 13.4. The summed E-state index contributed by atoms with van der Waals surface area (Å²) in [7, 11) is 0. The van der Waals surface area contributed by atoms with Crippen molar-refractivity contribution in [3.8, 4) is 0 Å². The average Bonchev–Trinajstić information content (AvgIpc) is 2.65. The molecule has 2 aliphatic heterocycles. The molecule has 2 aromatic rings. The van der Waals surface area contributed by atoms with Gasteiger partial charge >= 0.3 is 5.97 Å². The molecule has 1 unspecified atom stereocenters. The van der Waals surface area contributed by atoms with E-state index in [1.54, 1.807) is 24.3 Å². The molecule has 142 valence electrons. The Kier molecular flexibility index (Phi) is 4.07. The predicted octanol–water partition coefficient (Wildman–Crippen LogP) is 0.737. The highest BCUT2D eigenvalue weighted by Gasteiger charge is 2.42. The molecule has 3 N–H and O–H groups in total. The fourth-order valence-corrected chi connectivity index (χ4v) is 3.62. The number of piperidine rings is 1. The summed E-state index contributed by atoms with van der Waals surface area (Å²) in [5.41, 5.74) is 0.889. The van der Waals surface area contributed by atoms with E-state index >= 15 is 0 Å². The number of nitrogens with one attached hydrogen (secondary N) is 2. The maximum Gasteiger partial charge on any atom is 0.322 e. The van der Waals surface area contributed by atoms with Gasteiger partial charge in [0.05, 0.1) is 5.56 Å². The number of carbonyl (C=O) groups is 5. The number of rotatable bonds is 4. The number of hydrogen-bond donors (Lipinski definition) is 3. The van der Waals surface area contributed by atoms with Crippen molar-refractivity contribution in [2.75, 3.05) is 11.9 Å². The van der Waals surface area contributed by atoms with Gasteiger partial charge in [-0.15, -0.1) is 0 Å². The van der Waals surface area contributed by atoms with E-state index in [1.165, 1.54) is 6.07 Å². The molecule has 0 saturated carbocycles. The maximum atomic E-state index is 13.1. The summed E-state index contributed by atoms with van der Waals surface area (Å²) in [5.74, 6) is -3.44. The molecule has 2 aromatic carbocycles. The predicted molar refractivity (Wildman–Crippen MR) is 96.7 cm³/mol. The van der Waals surface area contributed by atoms with Crippen LogP contribution < -0.4 is 10.6 Å². The third kappa shape index (κ3) is 2.77. The first kappa shape index (κ1) is 17.7. The van der Waals surface area contributed by atoms with Crippen LogP contribution in [0.1, 0.15) is 33.6 Å². The number of imide groups is 2. The van der Waals surface area contributed by atoms with Gasteiger partial charge in [-0.05, 0) is 30.0 Å². The zero-order chi connectivity index (χ0) is 20.0. The first-order valence-corrected chi connectivity index (χ1v) is 8.61. The second-order valence-electron chi connectivity index (χ2n) is 6.62. The van der Waals surface area contributed by atoms with Crippen molar-refractivity contribution in [1.29, 1.82) is 0 Å². The number of hydrogen-bond acceptors (Lipinski definition) is 6. The maximum absolute atomic E-state index is 13.1. The Bertz CT molecular complexity index is 1080. The van der Waals surface area contributed by atoms with Crippen LogP contribution in [0.15, 0.2) is 30.3 Å². The average molecular weight is 381 g/mol. The zero-order valence-electron chi connectivity index (χ0n) is 14.5. The normalized spacial score (nSPS) is 19.0. The van der Waals surface area contributed by atoms with Crippen molar-refractivity contribution in [3.05, 3.63) is 41.5 Å². The topological polar surface area (TPSA) is 133 Å². The van der Waals surface area contributed by atoms with Crippen LogP contribution >= 0.6 is 0 Å². The number of carboxylic acid groups (broad SMARTS) is 1. The molecule has 0 bridgehead atoms. The van der Waals surface area contributed by atoms with Crippen LogP contribution in [0.25, 0.3) is 10.8 Å². The van der Waals surface area contributed by atoms with Gasteiger partial charge in [0.15, 0.2) is 0 Å². The van der Waals surface area contributed by atoms with E-state index in [0.717, 1.165) is 4.90 Å². The molecule has 4 amide bonds. The fourth-order valence-electron chi connectivity index (χ4n) is 3.62. The number of carboxylic acids is 1. The largest absolute Gasteiger partial charge is 0.480 e. The van der Waals surface area contributed by atoms with E-state index in [2.05, 4.69) is 10.6 Å². The van der Waals surface area contributed by atoms with Crippen molar-refractivity contribution < 1.29 is 29.1 Å².